The lowest BCUT2D eigenvalue weighted by Crippen LogP contribution is -2.30. The Morgan fingerprint density at radius 1 is 1.42 bits per heavy atom. The van der Waals surface area contributed by atoms with Gasteiger partial charge in [-0.3, -0.25) is 0 Å². The average molecular weight is 267 g/mol. The number of amides is 2. The molecular formula is C12H17N3O4. The molecule has 1 rings (SSSR count). The molecule has 0 unspecified atom stereocenters. The van der Waals surface area contributed by atoms with Crippen molar-refractivity contribution in [3.8, 4) is 5.75 Å². The van der Waals surface area contributed by atoms with E-state index < -0.39 is 12.0 Å². The minimum atomic E-state index is -1.07. The Hall–Kier alpha value is -2.28. The van der Waals surface area contributed by atoms with E-state index in [4.69, 9.17) is 15.6 Å². The molecule has 0 atom stereocenters. The van der Waals surface area contributed by atoms with Crippen molar-refractivity contribution >= 4 is 17.7 Å². The van der Waals surface area contributed by atoms with Crippen LogP contribution in [0, 0.1) is 0 Å². The van der Waals surface area contributed by atoms with E-state index in [-0.39, 0.29) is 5.56 Å². The molecule has 0 radical (unpaired) electrons. The fourth-order valence-corrected chi connectivity index (χ4v) is 1.41. The fraction of sp³-hybridized carbons (Fsp3) is 0.333. The number of carbonyl (C=O) groups is 2. The fourth-order valence-electron chi connectivity index (χ4n) is 1.41. The van der Waals surface area contributed by atoms with E-state index in [1.54, 1.807) is 0 Å². The number of methoxy groups -OCH3 is 1. The molecule has 0 aromatic heterocycles. The van der Waals surface area contributed by atoms with Gasteiger partial charge in [-0.25, -0.2) is 9.59 Å². The van der Waals surface area contributed by atoms with Gasteiger partial charge in [0.2, 0.25) is 0 Å². The minimum absolute atomic E-state index is 0.0676. The van der Waals surface area contributed by atoms with Crippen molar-refractivity contribution in [3.63, 3.8) is 0 Å². The molecule has 7 heteroatoms. The number of nitrogens with two attached hydrogens (primary N) is 1. The van der Waals surface area contributed by atoms with Gasteiger partial charge in [-0.05, 0) is 31.2 Å². The van der Waals surface area contributed by atoms with Crippen LogP contribution < -0.4 is 21.1 Å². The zero-order chi connectivity index (χ0) is 14.3. The average Bonchev–Trinajstić information content (AvgIpc) is 2.38. The summed E-state index contributed by atoms with van der Waals surface area (Å²) in [6.07, 6.45) is 0.666. The molecule has 5 N–H and O–H groups in total. The Morgan fingerprint density at radius 2 is 2.16 bits per heavy atom. The van der Waals surface area contributed by atoms with Crippen LogP contribution in [0.3, 0.4) is 0 Å². The summed E-state index contributed by atoms with van der Waals surface area (Å²) in [5.74, 6) is -0.687. The van der Waals surface area contributed by atoms with E-state index in [0.717, 1.165) is 0 Å². The van der Waals surface area contributed by atoms with Gasteiger partial charge in [0.15, 0.2) is 0 Å². The molecule has 19 heavy (non-hydrogen) atoms. The predicted molar refractivity (Wildman–Crippen MR) is 70.6 cm³/mol. The van der Waals surface area contributed by atoms with Gasteiger partial charge < -0.3 is 26.2 Å². The summed E-state index contributed by atoms with van der Waals surface area (Å²) < 4.78 is 5.05. The van der Waals surface area contributed by atoms with Crippen LogP contribution in [0.4, 0.5) is 10.5 Å². The molecule has 2 amide bonds. The van der Waals surface area contributed by atoms with Crippen molar-refractivity contribution in [2.75, 3.05) is 25.5 Å². The number of rotatable bonds is 6. The van der Waals surface area contributed by atoms with E-state index >= 15 is 0 Å². The standard InChI is InChI=1S/C12H17N3O4/c1-19-10-4-3-8(11(16)17)7-9(10)15-12(18)14-6-2-5-13/h3-4,7H,2,5-6,13H2,1H3,(H,16,17)(H2,14,15,18). The van der Waals surface area contributed by atoms with Gasteiger partial charge >= 0.3 is 12.0 Å². The first kappa shape index (κ1) is 14.8. The molecule has 0 bridgehead atoms. The second kappa shape index (κ2) is 7.22. The lowest BCUT2D eigenvalue weighted by molar-refractivity contribution is 0.0697. The topological polar surface area (TPSA) is 114 Å². The summed E-state index contributed by atoms with van der Waals surface area (Å²) in [6.45, 7) is 0.932. The van der Waals surface area contributed by atoms with Crippen LogP contribution in [0.25, 0.3) is 0 Å². The molecule has 0 heterocycles. The van der Waals surface area contributed by atoms with Gasteiger partial charge in [0.25, 0.3) is 0 Å². The minimum Gasteiger partial charge on any atom is -0.495 e. The van der Waals surface area contributed by atoms with Gasteiger partial charge in [-0.15, -0.1) is 0 Å². The van der Waals surface area contributed by atoms with Gasteiger partial charge in [-0.1, -0.05) is 0 Å². The number of carbonyl (C=O) groups excluding carboxylic acids is 1. The number of nitrogens with one attached hydrogen (secondary N) is 2. The van der Waals surface area contributed by atoms with Gasteiger partial charge in [0.1, 0.15) is 5.75 Å². The van der Waals surface area contributed by atoms with Crippen LogP contribution in [0.2, 0.25) is 0 Å². The smallest absolute Gasteiger partial charge is 0.335 e. The van der Waals surface area contributed by atoms with Crippen LogP contribution in [-0.2, 0) is 0 Å². The van der Waals surface area contributed by atoms with E-state index in [1.165, 1.54) is 25.3 Å². The number of ether oxygens (including phenoxy) is 1. The summed E-state index contributed by atoms with van der Waals surface area (Å²) in [4.78, 5) is 22.4. The number of urea groups is 1. The molecule has 0 fully saturated rings. The van der Waals surface area contributed by atoms with Crippen LogP contribution in [0.1, 0.15) is 16.8 Å². The molecule has 1 aromatic carbocycles. The van der Waals surface area contributed by atoms with Gasteiger partial charge in [-0.2, -0.15) is 0 Å². The van der Waals surface area contributed by atoms with E-state index in [9.17, 15) is 9.59 Å². The monoisotopic (exact) mass is 267 g/mol. The maximum atomic E-state index is 11.6. The summed E-state index contributed by atoms with van der Waals surface area (Å²) in [7, 11) is 1.44. The SMILES string of the molecule is COc1ccc(C(=O)O)cc1NC(=O)NCCCN. The summed E-state index contributed by atoms with van der Waals surface area (Å²) in [6, 6.07) is 3.79. The van der Waals surface area contributed by atoms with Crippen molar-refractivity contribution in [3.05, 3.63) is 23.8 Å². The maximum absolute atomic E-state index is 11.6. The van der Waals surface area contributed by atoms with Crippen molar-refractivity contribution in [1.29, 1.82) is 0 Å². The van der Waals surface area contributed by atoms with Gasteiger partial charge in [0.05, 0.1) is 18.4 Å². The maximum Gasteiger partial charge on any atom is 0.335 e. The molecule has 7 nitrogen and oxygen atoms in total. The highest BCUT2D eigenvalue weighted by Crippen LogP contribution is 2.25. The first-order valence-electron chi connectivity index (χ1n) is 5.74. The molecule has 0 aliphatic carbocycles. The van der Waals surface area contributed by atoms with Crippen molar-refractivity contribution in [2.45, 2.75) is 6.42 Å². The Kier molecular flexibility index (Phi) is 5.62. The van der Waals surface area contributed by atoms with E-state index in [2.05, 4.69) is 10.6 Å². The number of hydrogen-bond donors (Lipinski definition) is 4. The van der Waals surface area contributed by atoms with Crippen LogP contribution in [-0.4, -0.2) is 37.3 Å². The Balaban J connectivity index is 2.77. The summed E-state index contributed by atoms with van der Waals surface area (Å²) in [5.41, 5.74) is 5.68. The number of benzene rings is 1. The van der Waals surface area contributed by atoms with Crippen LogP contribution >= 0.6 is 0 Å². The summed E-state index contributed by atoms with van der Waals surface area (Å²) in [5, 5.41) is 14.0. The number of anilines is 1. The number of hydrogen-bond acceptors (Lipinski definition) is 4. The van der Waals surface area contributed by atoms with E-state index in [1.807, 2.05) is 0 Å². The molecule has 0 saturated heterocycles. The van der Waals surface area contributed by atoms with Gasteiger partial charge in [0, 0.05) is 6.54 Å². The lowest BCUT2D eigenvalue weighted by Gasteiger charge is -2.11. The number of carboxylic acid groups (broad SMARTS) is 1. The quantitative estimate of drug-likeness (QED) is 0.571. The number of carboxylic acids is 1. The molecule has 0 aliphatic heterocycles. The lowest BCUT2D eigenvalue weighted by atomic mass is 10.2. The molecule has 104 valence electrons. The van der Waals surface area contributed by atoms with Crippen LogP contribution in [0.15, 0.2) is 18.2 Å². The first-order chi connectivity index (χ1) is 9.08. The molecule has 0 spiro atoms. The second-order valence-corrected chi connectivity index (χ2v) is 3.74. The molecule has 0 aliphatic rings. The largest absolute Gasteiger partial charge is 0.495 e. The zero-order valence-electron chi connectivity index (χ0n) is 10.6. The highest BCUT2D eigenvalue weighted by Gasteiger charge is 2.11. The Morgan fingerprint density at radius 3 is 2.74 bits per heavy atom. The number of aromatic carboxylic acids is 1. The second-order valence-electron chi connectivity index (χ2n) is 3.74. The predicted octanol–water partition coefficient (Wildman–Crippen LogP) is 0.864. The Bertz CT molecular complexity index is 462. The molecular weight excluding hydrogens is 250 g/mol. The zero-order valence-corrected chi connectivity index (χ0v) is 10.6. The third kappa shape index (κ3) is 4.47. The van der Waals surface area contributed by atoms with Crippen molar-refractivity contribution in [1.82, 2.24) is 5.32 Å². The highest BCUT2D eigenvalue weighted by atomic mass is 16.5. The van der Waals surface area contributed by atoms with E-state index in [0.29, 0.717) is 30.9 Å². The molecule has 0 saturated carbocycles. The normalized spacial score (nSPS) is 9.79. The van der Waals surface area contributed by atoms with Crippen molar-refractivity contribution < 1.29 is 19.4 Å². The third-order valence-electron chi connectivity index (χ3n) is 2.36. The Labute approximate surface area is 110 Å². The van der Waals surface area contributed by atoms with Crippen LogP contribution in [0.5, 0.6) is 5.75 Å². The molecule has 1 aromatic rings. The van der Waals surface area contributed by atoms with Crippen molar-refractivity contribution in [2.24, 2.45) is 5.73 Å². The highest BCUT2D eigenvalue weighted by molar-refractivity contribution is 5.94. The first-order valence-corrected chi connectivity index (χ1v) is 5.74. The third-order valence-corrected chi connectivity index (χ3v) is 2.36. The summed E-state index contributed by atoms with van der Waals surface area (Å²) >= 11 is 0.